The van der Waals surface area contributed by atoms with Gasteiger partial charge in [-0.05, 0) is 125 Å². The number of halogens is 3. The summed E-state index contributed by atoms with van der Waals surface area (Å²) in [6, 6.07) is 22.9. The fourth-order valence-electron chi connectivity index (χ4n) is 11.4. The number of sulfonamides is 1. The number of carbonyl (C=O) groups is 5. The highest BCUT2D eigenvalue weighted by Gasteiger charge is 2.49. The van der Waals surface area contributed by atoms with Gasteiger partial charge in [0.05, 0.1) is 38.8 Å². The predicted octanol–water partition coefficient (Wildman–Crippen LogP) is 8.10. The zero-order chi connectivity index (χ0) is 66.0. The first-order valence-corrected chi connectivity index (χ1v) is 35.4. The number of piperazine rings is 1. The van der Waals surface area contributed by atoms with Crippen LogP contribution in [0.4, 0.5) is 24.5 Å². The molecule has 3 aliphatic heterocycles. The number of aromatic nitrogens is 1. The minimum absolute atomic E-state index is 0.0346. The van der Waals surface area contributed by atoms with Crippen molar-refractivity contribution < 1.29 is 59.1 Å². The number of alkyl halides is 3. The highest BCUT2D eigenvalue weighted by atomic mass is 32.2. The number of thiazole rings is 1. The molecule has 4 heterocycles. The molecule has 494 valence electrons. The van der Waals surface area contributed by atoms with E-state index in [0.29, 0.717) is 70.5 Å². The van der Waals surface area contributed by atoms with Gasteiger partial charge in [0.1, 0.15) is 17.0 Å². The van der Waals surface area contributed by atoms with E-state index in [0.717, 1.165) is 63.9 Å². The molecular formula is C64H83F3N10O10S4. The first kappa shape index (κ1) is 70.3. The molecule has 0 saturated carbocycles. The Balaban J connectivity index is 0.810. The molecule has 5 amide bonds. The highest BCUT2D eigenvalue weighted by Crippen LogP contribution is 2.38. The summed E-state index contributed by atoms with van der Waals surface area (Å²) < 4.78 is 99.0. The Hall–Kier alpha value is -6.62. The molecule has 8 rings (SSSR count). The number of aliphatic hydroxyl groups is 1. The standard InChI is InChI=1S/C64H83F3N10O10S4/c1-42(44-18-20-45(21-19-44)58-43(2)68-41-89-58)69-61(82)54-36-50(78)39-77(54)62(83)59(63(3,4)5)71-56(79)16-12-9-13-17-57(80)75-34-32-74(33-35-75)30-28-47(40-88-51-14-10-8-11-15-51)70-53-27-26-52(37-55(53)90(84,85)64(65,66)67)91(86,87)72-60(81)46-22-24-48(25-23-46)76-31-29-49(38-76)73(6)7/h8,10-11,14-15,18-27,37,41-42,47,49-50,54,59,70,78H,9,12-13,16-17,28-36,38-40H2,1-7H3,(H,69,82)(H,71,79)(H,72,81)/t42-,47+,49+,50+,54-,59+/m0/s1. The normalized spacial score (nSPS) is 18.6. The molecule has 0 bridgehead atoms. The van der Waals surface area contributed by atoms with Crippen molar-refractivity contribution in [1.29, 1.82) is 0 Å². The van der Waals surface area contributed by atoms with E-state index in [4.69, 9.17) is 0 Å². The van der Waals surface area contributed by atoms with Crippen molar-refractivity contribution in [3.8, 4) is 10.4 Å². The van der Waals surface area contributed by atoms with Gasteiger partial charge in [0.25, 0.3) is 25.8 Å². The van der Waals surface area contributed by atoms with Crippen LogP contribution in [0.25, 0.3) is 10.4 Å². The van der Waals surface area contributed by atoms with E-state index in [1.165, 1.54) is 28.8 Å². The number of likely N-dealkylation sites (N-methyl/N-ethyl adjacent to an activating group) is 1. The lowest BCUT2D eigenvalue weighted by Crippen LogP contribution is -2.57. The zero-order valence-corrected chi connectivity index (χ0v) is 55.6. The van der Waals surface area contributed by atoms with Gasteiger partial charge in [-0.25, -0.2) is 26.5 Å². The number of sulfone groups is 1. The van der Waals surface area contributed by atoms with E-state index < -0.39 is 94.3 Å². The smallest absolute Gasteiger partial charge is 0.391 e. The van der Waals surface area contributed by atoms with Crippen LogP contribution in [-0.4, -0.2) is 184 Å². The number of nitrogens with zero attached hydrogens (tertiary/aromatic N) is 6. The van der Waals surface area contributed by atoms with Crippen molar-refractivity contribution in [2.45, 2.75) is 142 Å². The largest absolute Gasteiger partial charge is 0.501 e. The second kappa shape index (κ2) is 30.4. The van der Waals surface area contributed by atoms with Crippen molar-refractivity contribution in [1.82, 2.24) is 39.9 Å². The number of nitrogens with one attached hydrogen (secondary N) is 4. The maximum Gasteiger partial charge on any atom is 0.501 e. The van der Waals surface area contributed by atoms with E-state index >= 15 is 0 Å². The van der Waals surface area contributed by atoms with Crippen LogP contribution < -0.4 is 25.6 Å². The van der Waals surface area contributed by atoms with Crippen molar-refractivity contribution in [3.05, 3.63) is 119 Å². The molecule has 91 heavy (non-hydrogen) atoms. The molecule has 3 aliphatic rings. The number of benzene rings is 4. The number of hydrogen-bond donors (Lipinski definition) is 5. The number of likely N-dealkylation sites (tertiary alicyclic amines) is 1. The average molecular weight is 1340 g/mol. The molecule has 27 heteroatoms. The molecule has 0 unspecified atom stereocenters. The van der Waals surface area contributed by atoms with Crippen LogP contribution in [0, 0.1) is 12.3 Å². The number of rotatable bonds is 26. The van der Waals surface area contributed by atoms with Gasteiger partial charge in [-0.2, -0.15) is 13.2 Å². The number of hydrogen-bond acceptors (Lipinski definition) is 17. The summed E-state index contributed by atoms with van der Waals surface area (Å²) in [5, 5.41) is 19.6. The minimum atomic E-state index is -6.15. The topological polar surface area (TPSA) is 251 Å². The van der Waals surface area contributed by atoms with Gasteiger partial charge in [0.2, 0.25) is 23.6 Å². The molecule has 5 aromatic rings. The van der Waals surface area contributed by atoms with E-state index in [1.54, 1.807) is 33.9 Å². The summed E-state index contributed by atoms with van der Waals surface area (Å²) >= 11 is 2.94. The minimum Gasteiger partial charge on any atom is -0.391 e. The lowest BCUT2D eigenvalue weighted by molar-refractivity contribution is -0.144. The molecule has 1 aromatic heterocycles. The van der Waals surface area contributed by atoms with Crippen LogP contribution in [0.5, 0.6) is 0 Å². The summed E-state index contributed by atoms with van der Waals surface area (Å²) in [6.07, 6.45) is 2.22. The Morgan fingerprint density at radius 1 is 0.835 bits per heavy atom. The molecule has 6 atom stereocenters. The number of thioether (sulfide) groups is 1. The molecule has 0 aliphatic carbocycles. The number of carbonyl (C=O) groups excluding carboxylic acids is 5. The summed E-state index contributed by atoms with van der Waals surface area (Å²) in [6.45, 7) is 12.9. The lowest BCUT2D eigenvalue weighted by Gasteiger charge is -2.35. The molecule has 3 fully saturated rings. The Bertz CT molecular complexity index is 3570. The second-order valence-electron chi connectivity index (χ2n) is 24.9. The fraction of sp³-hybridized carbons (Fsp3) is 0.500. The van der Waals surface area contributed by atoms with Gasteiger partial charge in [0, 0.05) is 106 Å². The first-order chi connectivity index (χ1) is 43.0. The van der Waals surface area contributed by atoms with Crippen LogP contribution >= 0.6 is 23.1 Å². The highest BCUT2D eigenvalue weighted by molar-refractivity contribution is 7.99. The third-order valence-electron chi connectivity index (χ3n) is 16.9. The van der Waals surface area contributed by atoms with Gasteiger partial charge < -0.3 is 40.7 Å². The Morgan fingerprint density at radius 3 is 2.14 bits per heavy atom. The SMILES string of the molecule is Cc1ncsc1-c1ccc([C@H](C)NC(=O)[C@@H]2C[C@@H](O)CN2C(=O)[C@@H](NC(=O)CCCCCC(=O)N2CCN(CC[C@H](CSc3ccccc3)Nc3ccc(S(=O)(=O)NC(=O)c4ccc(N5CC[C@@H](N(C)C)C5)cc4)cc3S(=O)(=O)C(F)(F)F)CC2)C(C)(C)C)cc1. The average Bonchev–Trinajstić information content (AvgIpc) is 1.87. The third kappa shape index (κ3) is 18.4. The Morgan fingerprint density at radius 2 is 1.52 bits per heavy atom. The number of β-amino-alcohol motifs (C(OH)–C–C–N with tert-alkyl or cyclic N) is 1. The summed E-state index contributed by atoms with van der Waals surface area (Å²) in [5.41, 5.74) is -1.63. The van der Waals surface area contributed by atoms with Crippen molar-refractivity contribution in [2.75, 3.05) is 82.4 Å². The van der Waals surface area contributed by atoms with E-state index in [1.807, 2.05) is 108 Å². The molecule has 4 aromatic carbocycles. The van der Waals surface area contributed by atoms with Crippen LogP contribution in [0.1, 0.15) is 107 Å². The van der Waals surface area contributed by atoms with Gasteiger partial charge in [-0.3, -0.25) is 28.9 Å². The van der Waals surface area contributed by atoms with Crippen molar-refractivity contribution in [3.63, 3.8) is 0 Å². The lowest BCUT2D eigenvalue weighted by atomic mass is 9.85. The van der Waals surface area contributed by atoms with Crippen LogP contribution in [0.2, 0.25) is 0 Å². The van der Waals surface area contributed by atoms with E-state index in [2.05, 4.69) is 35.6 Å². The first-order valence-electron chi connectivity index (χ1n) is 30.6. The monoisotopic (exact) mass is 1340 g/mol. The summed E-state index contributed by atoms with van der Waals surface area (Å²) in [4.78, 5) is 81.7. The summed E-state index contributed by atoms with van der Waals surface area (Å²) in [5.74, 6) is -2.08. The Kier molecular flexibility index (Phi) is 23.5. The third-order valence-corrected chi connectivity index (χ3v) is 21.9. The molecule has 5 N–H and O–H groups in total. The number of aryl methyl sites for hydroxylation is 1. The maximum absolute atomic E-state index is 14.4. The number of unbranched alkanes of at least 4 members (excludes halogenated alkanes) is 2. The van der Waals surface area contributed by atoms with Gasteiger partial charge in [-0.15, -0.1) is 23.1 Å². The van der Waals surface area contributed by atoms with Crippen LogP contribution in [0.15, 0.2) is 117 Å². The zero-order valence-electron chi connectivity index (χ0n) is 52.4. The van der Waals surface area contributed by atoms with Crippen molar-refractivity contribution in [2.24, 2.45) is 5.41 Å². The van der Waals surface area contributed by atoms with E-state index in [9.17, 15) is 59.1 Å². The predicted molar refractivity (Wildman–Crippen MR) is 347 cm³/mol. The quantitative estimate of drug-likeness (QED) is 0.0259. The molecule has 0 radical (unpaired) electrons. The number of anilines is 2. The Labute approximate surface area is 540 Å². The molecule has 0 spiro atoms. The number of amides is 5. The van der Waals surface area contributed by atoms with E-state index in [-0.39, 0.29) is 48.9 Å². The second-order valence-corrected chi connectivity index (χ2v) is 30.4. The molecular weight excluding hydrogens is 1250 g/mol. The van der Waals surface area contributed by atoms with Crippen molar-refractivity contribution >= 4 is 83.9 Å². The van der Waals surface area contributed by atoms with Gasteiger partial charge in [0.15, 0.2) is 0 Å². The fourth-order valence-corrected chi connectivity index (χ4v) is 15.3. The van der Waals surface area contributed by atoms with Crippen LogP contribution in [0.3, 0.4) is 0 Å². The molecule has 3 saturated heterocycles. The van der Waals surface area contributed by atoms with Gasteiger partial charge in [-0.1, -0.05) is 69.7 Å². The maximum atomic E-state index is 14.4. The van der Waals surface area contributed by atoms with Crippen LogP contribution in [-0.2, 0) is 39.0 Å². The van der Waals surface area contributed by atoms with Gasteiger partial charge >= 0.3 is 5.51 Å². The summed E-state index contributed by atoms with van der Waals surface area (Å²) in [7, 11) is -7.07. The number of aliphatic hydroxyl groups excluding tert-OH is 1. The molecule has 20 nitrogen and oxygen atoms in total.